The summed E-state index contributed by atoms with van der Waals surface area (Å²) in [5.41, 5.74) is 1.33. The number of hydrogen-bond donors (Lipinski definition) is 2. The smallest absolute Gasteiger partial charge is 0.191 e. The zero-order valence-corrected chi connectivity index (χ0v) is 20.2. The molecule has 2 N–H and O–H groups in total. The Bertz CT molecular complexity index is 588. The van der Waals surface area contributed by atoms with Crippen LogP contribution in [0.25, 0.3) is 0 Å². The highest BCUT2D eigenvalue weighted by Crippen LogP contribution is 2.16. The lowest BCUT2D eigenvalue weighted by molar-refractivity contribution is 0.0389. The molecule has 3 rings (SSSR count). The van der Waals surface area contributed by atoms with Crippen LogP contribution in [0.3, 0.4) is 0 Å². The number of hydrogen-bond acceptors (Lipinski definition) is 5. The fourth-order valence-corrected chi connectivity index (χ4v) is 3.81. The number of rotatable bonds is 7. The van der Waals surface area contributed by atoms with Crippen LogP contribution in [0.1, 0.15) is 6.92 Å². The van der Waals surface area contributed by atoms with Gasteiger partial charge in [0.1, 0.15) is 0 Å². The van der Waals surface area contributed by atoms with Crippen molar-refractivity contribution in [1.82, 2.24) is 20.4 Å². The molecule has 0 radical (unpaired) electrons. The molecule has 2 aliphatic heterocycles. The number of ether oxygens (including phenoxy) is 1. The van der Waals surface area contributed by atoms with E-state index in [9.17, 15) is 0 Å². The largest absolute Gasteiger partial charge is 0.379 e. The van der Waals surface area contributed by atoms with E-state index >= 15 is 0 Å². The second-order valence-corrected chi connectivity index (χ2v) is 7.54. The molecule has 1 atom stereocenters. The highest BCUT2D eigenvalue weighted by molar-refractivity contribution is 14.0. The summed E-state index contributed by atoms with van der Waals surface area (Å²) in [7, 11) is 1.84. The molecule has 0 aromatic heterocycles. The molecule has 0 bridgehead atoms. The van der Waals surface area contributed by atoms with Gasteiger partial charge in [-0.15, -0.1) is 24.0 Å². The van der Waals surface area contributed by atoms with Crippen LogP contribution in [-0.4, -0.2) is 101 Å². The monoisotopic (exact) mass is 516 g/mol. The topological polar surface area (TPSA) is 55.4 Å². The number of nitrogens with one attached hydrogen (secondary N) is 2. The van der Waals surface area contributed by atoms with Crippen molar-refractivity contribution in [3.63, 3.8) is 0 Å². The van der Waals surface area contributed by atoms with Gasteiger partial charge in [0.2, 0.25) is 0 Å². The second-order valence-electron chi connectivity index (χ2n) is 7.54. The normalized spacial score (nSPS) is 20.1. The Morgan fingerprint density at radius 1 is 1.03 bits per heavy atom. The van der Waals surface area contributed by atoms with Crippen LogP contribution < -0.4 is 15.5 Å². The molecular formula is C21H37IN6O. The van der Waals surface area contributed by atoms with Crippen molar-refractivity contribution in [2.24, 2.45) is 4.99 Å². The van der Waals surface area contributed by atoms with E-state index < -0.39 is 0 Å². The number of halogens is 1. The van der Waals surface area contributed by atoms with Crippen molar-refractivity contribution in [2.45, 2.75) is 13.0 Å². The van der Waals surface area contributed by atoms with E-state index in [2.05, 4.69) is 67.6 Å². The summed E-state index contributed by atoms with van der Waals surface area (Å²) in [5, 5.41) is 6.92. The van der Waals surface area contributed by atoms with Gasteiger partial charge in [0.05, 0.1) is 13.2 Å². The lowest BCUT2D eigenvalue weighted by Crippen LogP contribution is -2.53. The third-order valence-electron chi connectivity index (χ3n) is 5.67. The molecule has 2 saturated heterocycles. The predicted molar refractivity (Wildman–Crippen MR) is 132 cm³/mol. The zero-order chi connectivity index (χ0) is 19.6. The maximum Gasteiger partial charge on any atom is 0.191 e. The van der Waals surface area contributed by atoms with Crippen molar-refractivity contribution < 1.29 is 4.74 Å². The number of morpholine rings is 1. The number of piperazine rings is 1. The summed E-state index contributed by atoms with van der Waals surface area (Å²) >= 11 is 0. The molecule has 0 saturated carbocycles. The molecule has 29 heavy (non-hydrogen) atoms. The van der Waals surface area contributed by atoms with E-state index in [1.807, 2.05) is 7.05 Å². The van der Waals surface area contributed by atoms with Gasteiger partial charge in [-0.05, 0) is 19.1 Å². The Hall–Kier alpha value is -1.10. The fraction of sp³-hybridized carbons (Fsp3) is 0.667. The quantitative estimate of drug-likeness (QED) is 0.324. The summed E-state index contributed by atoms with van der Waals surface area (Å²) in [4.78, 5) is 11.8. The average molecular weight is 516 g/mol. The summed E-state index contributed by atoms with van der Waals surface area (Å²) in [6.45, 7) is 13.3. The Kier molecular flexibility index (Phi) is 11.0. The predicted octanol–water partition coefficient (Wildman–Crippen LogP) is 1.31. The molecular weight excluding hydrogens is 479 g/mol. The molecule has 0 amide bonds. The summed E-state index contributed by atoms with van der Waals surface area (Å²) in [6.07, 6.45) is 0. The van der Waals surface area contributed by atoms with Gasteiger partial charge in [-0.25, -0.2) is 0 Å². The molecule has 2 fully saturated rings. The molecule has 1 aromatic carbocycles. The average Bonchev–Trinajstić information content (AvgIpc) is 2.77. The van der Waals surface area contributed by atoms with Crippen LogP contribution >= 0.6 is 24.0 Å². The highest BCUT2D eigenvalue weighted by Gasteiger charge is 2.21. The first-order valence-electron chi connectivity index (χ1n) is 10.5. The van der Waals surface area contributed by atoms with E-state index in [1.54, 1.807) is 0 Å². The molecule has 8 heteroatoms. The van der Waals surface area contributed by atoms with Gasteiger partial charge in [0.25, 0.3) is 0 Å². The minimum atomic E-state index is 0. The maximum absolute atomic E-state index is 5.40. The SMILES string of the molecule is CN=C(NCCN1CCOCC1)NCC(C)N1CCN(c2ccccc2)CC1.I. The van der Waals surface area contributed by atoms with Crippen LogP contribution in [0.4, 0.5) is 5.69 Å². The Labute approximate surface area is 192 Å². The second kappa shape index (κ2) is 13.3. The molecule has 0 spiro atoms. The number of guanidine groups is 1. The van der Waals surface area contributed by atoms with Gasteiger partial charge in [-0.1, -0.05) is 18.2 Å². The van der Waals surface area contributed by atoms with E-state index in [-0.39, 0.29) is 24.0 Å². The lowest BCUT2D eigenvalue weighted by atomic mass is 10.2. The number of nitrogens with zero attached hydrogens (tertiary/aromatic N) is 4. The van der Waals surface area contributed by atoms with E-state index in [0.29, 0.717) is 6.04 Å². The van der Waals surface area contributed by atoms with Crippen LogP contribution in [-0.2, 0) is 4.74 Å². The Morgan fingerprint density at radius 3 is 2.38 bits per heavy atom. The van der Waals surface area contributed by atoms with E-state index in [4.69, 9.17) is 4.74 Å². The van der Waals surface area contributed by atoms with Crippen LogP contribution in [0.2, 0.25) is 0 Å². The molecule has 164 valence electrons. The van der Waals surface area contributed by atoms with Crippen molar-refractivity contribution in [3.8, 4) is 0 Å². The number of aliphatic imine (C=N–C) groups is 1. The number of para-hydroxylation sites is 1. The molecule has 7 nitrogen and oxygen atoms in total. The minimum Gasteiger partial charge on any atom is -0.379 e. The molecule has 1 unspecified atom stereocenters. The number of anilines is 1. The Morgan fingerprint density at radius 2 is 1.72 bits per heavy atom. The molecule has 2 aliphatic rings. The van der Waals surface area contributed by atoms with Crippen molar-refractivity contribution in [2.75, 3.05) is 84.1 Å². The van der Waals surface area contributed by atoms with Crippen molar-refractivity contribution in [3.05, 3.63) is 30.3 Å². The number of benzene rings is 1. The Balaban J connectivity index is 0.00000300. The van der Waals surface area contributed by atoms with Gasteiger partial charge in [0, 0.05) is 77.7 Å². The minimum absolute atomic E-state index is 0. The van der Waals surface area contributed by atoms with Crippen molar-refractivity contribution in [1.29, 1.82) is 0 Å². The van der Waals surface area contributed by atoms with Crippen LogP contribution in [0.15, 0.2) is 35.3 Å². The van der Waals surface area contributed by atoms with Gasteiger partial charge < -0.3 is 20.3 Å². The summed E-state index contributed by atoms with van der Waals surface area (Å²) in [5.74, 6) is 0.892. The van der Waals surface area contributed by atoms with Gasteiger partial charge in [-0.2, -0.15) is 0 Å². The first kappa shape index (κ1) is 24.2. The molecule has 1 aromatic rings. The highest BCUT2D eigenvalue weighted by atomic mass is 127. The van der Waals surface area contributed by atoms with Gasteiger partial charge >= 0.3 is 0 Å². The standard InChI is InChI=1S/C21H36N6O.HI/c1-19(26-10-12-27(13-11-26)20-6-4-3-5-7-20)18-24-21(22-2)23-8-9-25-14-16-28-17-15-25;/h3-7,19H,8-18H2,1-2H3,(H2,22,23,24);1H. The van der Waals surface area contributed by atoms with Crippen LogP contribution in [0, 0.1) is 0 Å². The first-order chi connectivity index (χ1) is 13.8. The van der Waals surface area contributed by atoms with E-state index in [1.165, 1.54) is 5.69 Å². The maximum atomic E-state index is 5.40. The van der Waals surface area contributed by atoms with E-state index in [0.717, 1.165) is 78.1 Å². The summed E-state index contributed by atoms with van der Waals surface area (Å²) in [6, 6.07) is 11.2. The van der Waals surface area contributed by atoms with Crippen molar-refractivity contribution >= 4 is 35.6 Å². The third kappa shape index (κ3) is 7.92. The molecule has 0 aliphatic carbocycles. The lowest BCUT2D eigenvalue weighted by Gasteiger charge is -2.39. The fourth-order valence-electron chi connectivity index (χ4n) is 3.81. The van der Waals surface area contributed by atoms with Gasteiger partial charge in [0.15, 0.2) is 5.96 Å². The van der Waals surface area contributed by atoms with Gasteiger partial charge in [-0.3, -0.25) is 14.8 Å². The summed E-state index contributed by atoms with van der Waals surface area (Å²) < 4.78 is 5.40. The van der Waals surface area contributed by atoms with Crippen LogP contribution in [0.5, 0.6) is 0 Å². The first-order valence-corrected chi connectivity index (χ1v) is 10.5. The third-order valence-corrected chi connectivity index (χ3v) is 5.67. The zero-order valence-electron chi connectivity index (χ0n) is 17.8. The molecule has 2 heterocycles.